The molecule has 5 rings (SSSR count). The van der Waals surface area contributed by atoms with Crippen LogP contribution in [-0.4, -0.2) is 70.0 Å². The molecule has 0 radical (unpaired) electrons. The van der Waals surface area contributed by atoms with Gasteiger partial charge in [0, 0.05) is 51.0 Å². The lowest BCUT2D eigenvalue weighted by molar-refractivity contribution is 0.208. The zero-order valence-corrected chi connectivity index (χ0v) is 21.3. The normalized spacial score (nSPS) is 20.8. The fourth-order valence-electron chi connectivity index (χ4n) is 5.87. The first-order chi connectivity index (χ1) is 16.5. The van der Waals surface area contributed by atoms with E-state index in [1.165, 1.54) is 56.2 Å². The molecule has 3 aliphatic rings. The van der Waals surface area contributed by atoms with Gasteiger partial charge in [-0.25, -0.2) is 8.42 Å². The molecule has 2 aromatic rings. The van der Waals surface area contributed by atoms with Gasteiger partial charge in [0.1, 0.15) is 10.6 Å². The number of aryl methyl sites for hydroxylation is 1. The molecular weight excluding hydrogens is 446 g/mol. The highest BCUT2D eigenvalue weighted by Gasteiger charge is 2.31. The summed E-state index contributed by atoms with van der Waals surface area (Å²) in [6.45, 7) is 6.62. The molecule has 2 fully saturated rings. The Morgan fingerprint density at radius 3 is 2.26 bits per heavy atom. The molecule has 184 valence electrons. The lowest BCUT2D eigenvalue weighted by Crippen LogP contribution is -2.48. The molecule has 2 heterocycles. The molecule has 2 aliphatic heterocycles. The van der Waals surface area contributed by atoms with Crippen molar-refractivity contribution in [2.45, 2.75) is 56.4 Å². The minimum Gasteiger partial charge on any atom is -0.495 e. The van der Waals surface area contributed by atoms with Crippen LogP contribution >= 0.6 is 0 Å². The molecular formula is C27H37N3O3S. The van der Waals surface area contributed by atoms with E-state index in [0.29, 0.717) is 31.9 Å². The van der Waals surface area contributed by atoms with Gasteiger partial charge in [0.25, 0.3) is 0 Å². The highest BCUT2D eigenvalue weighted by molar-refractivity contribution is 7.89. The Bertz CT molecular complexity index is 1120. The number of fused-ring (bicyclic) bond motifs is 1. The Labute approximate surface area is 204 Å². The fourth-order valence-corrected chi connectivity index (χ4v) is 7.43. The number of piperazine rings is 1. The van der Waals surface area contributed by atoms with E-state index in [1.807, 2.05) is 13.0 Å². The van der Waals surface area contributed by atoms with E-state index in [4.69, 9.17) is 4.74 Å². The Morgan fingerprint density at radius 1 is 0.853 bits per heavy atom. The quantitative estimate of drug-likeness (QED) is 0.647. The number of hydrogen-bond acceptors (Lipinski definition) is 5. The number of rotatable bonds is 5. The zero-order chi connectivity index (χ0) is 23.7. The van der Waals surface area contributed by atoms with Gasteiger partial charge < -0.3 is 9.64 Å². The summed E-state index contributed by atoms with van der Waals surface area (Å²) < 4.78 is 33.6. The van der Waals surface area contributed by atoms with Crippen molar-refractivity contribution in [3.05, 3.63) is 53.1 Å². The van der Waals surface area contributed by atoms with Crippen LogP contribution < -0.4 is 9.64 Å². The molecule has 1 saturated heterocycles. The van der Waals surface area contributed by atoms with Crippen LogP contribution in [0.2, 0.25) is 0 Å². The highest BCUT2D eigenvalue weighted by Crippen LogP contribution is 2.31. The molecule has 1 aliphatic carbocycles. The van der Waals surface area contributed by atoms with Crippen molar-refractivity contribution in [2.24, 2.45) is 0 Å². The number of hydrogen-bond donors (Lipinski definition) is 0. The molecule has 7 heteroatoms. The predicted molar refractivity (Wildman–Crippen MR) is 136 cm³/mol. The van der Waals surface area contributed by atoms with Crippen molar-refractivity contribution in [1.82, 2.24) is 9.21 Å². The minimum atomic E-state index is -3.58. The minimum absolute atomic E-state index is 0.255. The van der Waals surface area contributed by atoms with Crippen LogP contribution in [-0.2, 0) is 22.9 Å². The number of ether oxygens (including phenoxy) is 1. The maximum atomic E-state index is 13.3. The number of nitrogens with zero attached hydrogens (tertiary/aromatic N) is 3. The van der Waals surface area contributed by atoms with Gasteiger partial charge in [-0.3, -0.25) is 4.90 Å². The van der Waals surface area contributed by atoms with Crippen LogP contribution in [0.5, 0.6) is 5.75 Å². The Balaban J connectivity index is 1.25. The smallest absolute Gasteiger partial charge is 0.246 e. The molecule has 34 heavy (non-hydrogen) atoms. The third kappa shape index (κ3) is 4.70. The summed E-state index contributed by atoms with van der Waals surface area (Å²) >= 11 is 0. The van der Waals surface area contributed by atoms with Crippen LogP contribution in [0.25, 0.3) is 0 Å². The van der Waals surface area contributed by atoms with E-state index in [0.717, 1.165) is 31.0 Å². The number of anilines is 1. The van der Waals surface area contributed by atoms with Crippen molar-refractivity contribution >= 4 is 15.7 Å². The van der Waals surface area contributed by atoms with Gasteiger partial charge in [-0.2, -0.15) is 4.31 Å². The monoisotopic (exact) mass is 483 g/mol. The summed E-state index contributed by atoms with van der Waals surface area (Å²) in [5.41, 5.74) is 5.16. The third-order valence-electron chi connectivity index (χ3n) is 7.91. The summed E-state index contributed by atoms with van der Waals surface area (Å²) in [6.07, 6.45) is 7.75. The highest BCUT2D eigenvalue weighted by atomic mass is 32.2. The summed E-state index contributed by atoms with van der Waals surface area (Å²) in [6, 6.07) is 13.0. The first-order valence-electron chi connectivity index (χ1n) is 12.7. The lowest BCUT2D eigenvalue weighted by atomic mass is 10.0. The van der Waals surface area contributed by atoms with Crippen molar-refractivity contribution in [3.63, 3.8) is 0 Å². The van der Waals surface area contributed by atoms with Crippen LogP contribution in [0.1, 0.15) is 42.4 Å². The molecule has 2 aromatic carbocycles. The summed E-state index contributed by atoms with van der Waals surface area (Å²) in [5.74, 6) is 0.417. The Kier molecular flexibility index (Phi) is 6.87. The van der Waals surface area contributed by atoms with E-state index in [-0.39, 0.29) is 4.90 Å². The van der Waals surface area contributed by atoms with Gasteiger partial charge in [0.15, 0.2) is 0 Å². The molecule has 0 unspecified atom stereocenters. The number of methoxy groups -OCH3 is 1. The average molecular weight is 484 g/mol. The van der Waals surface area contributed by atoms with Crippen molar-refractivity contribution in [2.75, 3.05) is 51.3 Å². The average Bonchev–Trinajstić information content (AvgIpc) is 3.31. The van der Waals surface area contributed by atoms with Crippen molar-refractivity contribution < 1.29 is 13.2 Å². The zero-order valence-electron chi connectivity index (χ0n) is 20.5. The molecule has 0 aromatic heterocycles. The van der Waals surface area contributed by atoms with Gasteiger partial charge in [-0.05, 0) is 73.6 Å². The van der Waals surface area contributed by atoms with Gasteiger partial charge in [0.2, 0.25) is 10.0 Å². The molecule has 6 nitrogen and oxygen atoms in total. The first-order valence-corrected chi connectivity index (χ1v) is 14.2. The van der Waals surface area contributed by atoms with Gasteiger partial charge in [-0.1, -0.05) is 25.0 Å². The van der Waals surface area contributed by atoms with Crippen molar-refractivity contribution in [3.8, 4) is 5.75 Å². The topological polar surface area (TPSA) is 53.1 Å². The second kappa shape index (κ2) is 9.88. The van der Waals surface area contributed by atoms with E-state index in [9.17, 15) is 8.42 Å². The fraction of sp³-hybridized carbons (Fsp3) is 0.556. The van der Waals surface area contributed by atoms with Crippen LogP contribution in [0.15, 0.2) is 41.3 Å². The largest absolute Gasteiger partial charge is 0.495 e. The number of benzene rings is 2. The molecule has 0 bridgehead atoms. The SMILES string of the molecule is COc1cc(C)ccc1S(=O)(=O)N1CCN(c2ccc3c(c2)CCN(C2CCCC2)CC3)CC1. The van der Waals surface area contributed by atoms with E-state index in [2.05, 4.69) is 28.0 Å². The summed E-state index contributed by atoms with van der Waals surface area (Å²) in [4.78, 5) is 5.31. The van der Waals surface area contributed by atoms with E-state index in [1.54, 1.807) is 16.4 Å². The predicted octanol–water partition coefficient (Wildman–Crippen LogP) is 3.86. The van der Waals surface area contributed by atoms with Crippen LogP contribution in [0.3, 0.4) is 0 Å². The second-order valence-corrected chi connectivity index (χ2v) is 11.9. The van der Waals surface area contributed by atoms with Gasteiger partial charge >= 0.3 is 0 Å². The number of sulfonamides is 1. The maximum Gasteiger partial charge on any atom is 0.246 e. The van der Waals surface area contributed by atoms with Gasteiger partial charge in [-0.15, -0.1) is 0 Å². The standard InChI is InChI=1S/C27H37N3O3S/c1-21-7-10-27(26(19-21)33-2)34(31,32)30-17-15-29(16-18-30)25-9-8-22-11-13-28(14-12-23(22)20-25)24-5-3-4-6-24/h7-10,19-20,24H,3-6,11-18H2,1-2H3. The lowest BCUT2D eigenvalue weighted by Gasteiger charge is -2.36. The van der Waals surface area contributed by atoms with Crippen molar-refractivity contribution in [1.29, 1.82) is 0 Å². The Hall–Kier alpha value is -2.09. The molecule has 1 saturated carbocycles. The van der Waals surface area contributed by atoms with Crippen LogP contribution in [0, 0.1) is 6.92 Å². The first kappa shape index (κ1) is 23.6. The summed E-state index contributed by atoms with van der Waals surface area (Å²) in [7, 11) is -2.06. The van der Waals surface area contributed by atoms with E-state index >= 15 is 0 Å². The summed E-state index contributed by atoms with van der Waals surface area (Å²) in [5, 5.41) is 0. The van der Waals surface area contributed by atoms with E-state index < -0.39 is 10.0 Å². The molecule has 0 amide bonds. The molecule has 0 N–H and O–H groups in total. The van der Waals surface area contributed by atoms with Gasteiger partial charge in [0.05, 0.1) is 7.11 Å². The molecule has 0 atom stereocenters. The third-order valence-corrected chi connectivity index (χ3v) is 9.85. The maximum absolute atomic E-state index is 13.3. The second-order valence-electron chi connectivity index (χ2n) is 9.97. The molecule has 0 spiro atoms. The van der Waals surface area contributed by atoms with Crippen LogP contribution in [0.4, 0.5) is 5.69 Å². The Morgan fingerprint density at radius 2 is 1.56 bits per heavy atom.